The zero-order valence-electron chi connectivity index (χ0n) is 7.33. The first-order valence-electron chi connectivity index (χ1n) is 4.04. The van der Waals surface area contributed by atoms with Crippen LogP contribution in [-0.2, 0) is 12.6 Å². The highest BCUT2D eigenvalue weighted by atomic mass is 15.4. The molecule has 0 spiro atoms. The fourth-order valence-corrected chi connectivity index (χ4v) is 1.34. The molecule has 5 heteroatoms. The number of hydrogen-bond acceptors (Lipinski definition) is 4. The summed E-state index contributed by atoms with van der Waals surface area (Å²) in [5.74, 6) is 1.65. The molecule has 0 radical (unpaired) electrons. The van der Waals surface area contributed by atoms with Gasteiger partial charge in [0.05, 0.1) is 5.54 Å². The van der Waals surface area contributed by atoms with Gasteiger partial charge in [-0.25, -0.2) is 0 Å². The molecule has 1 aliphatic carbocycles. The van der Waals surface area contributed by atoms with Crippen LogP contribution in [0.15, 0.2) is 0 Å². The van der Waals surface area contributed by atoms with Gasteiger partial charge in [-0.05, 0) is 12.8 Å². The van der Waals surface area contributed by atoms with Crippen molar-refractivity contribution in [3.8, 4) is 0 Å². The molecule has 0 atom stereocenters. The molecule has 1 heterocycles. The molecule has 1 saturated carbocycles. The lowest BCUT2D eigenvalue weighted by Crippen LogP contribution is -2.23. The third-order valence-electron chi connectivity index (χ3n) is 2.33. The van der Waals surface area contributed by atoms with Gasteiger partial charge in [-0.15, -0.1) is 10.2 Å². The molecular formula is C7H13N5. The van der Waals surface area contributed by atoms with Gasteiger partial charge in [0.1, 0.15) is 0 Å². The lowest BCUT2D eigenvalue weighted by Gasteiger charge is -2.07. The highest BCUT2D eigenvalue weighted by molar-refractivity contribution is 5.28. The van der Waals surface area contributed by atoms with E-state index in [1.807, 2.05) is 18.7 Å². The number of nitrogens with two attached hydrogens (primary N) is 1. The van der Waals surface area contributed by atoms with Crippen LogP contribution >= 0.6 is 0 Å². The number of nitrogens with zero attached hydrogens (tertiary/aromatic N) is 3. The highest BCUT2D eigenvalue weighted by Crippen LogP contribution is 2.41. The molecule has 0 amide bonds. The molecular weight excluding hydrogens is 154 g/mol. The lowest BCUT2D eigenvalue weighted by atomic mass is 10.3. The summed E-state index contributed by atoms with van der Waals surface area (Å²) in [6.45, 7) is 0. The van der Waals surface area contributed by atoms with Gasteiger partial charge in [0.25, 0.3) is 0 Å². The van der Waals surface area contributed by atoms with Crippen molar-refractivity contribution in [3.05, 3.63) is 5.82 Å². The Balaban J connectivity index is 2.39. The van der Waals surface area contributed by atoms with Crippen molar-refractivity contribution in [3.63, 3.8) is 0 Å². The fraction of sp³-hybridized carbons (Fsp3) is 0.714. The van der Waals surface area contributed by atoms with E-state index in [9.17, 15) is 0 Å². The molecule has 2 rings (SSSR count). The van der Waals surface area contributed by atoms with Gasteiger partial charge in [-0.3, -0.25) is 4.57 Å². The molecule has 3 N–H and O–H groups in total. The van der Waals surface area contributed by atoms with E-state index in [4.69, 9.17) is 5.73 Å². The maximum Gasteiger partial charge on any atom is 0.224 e. The molecule has 0 saturated heterocycles. The Labute approximate surface area is 71.0 Å². The van der Waals surface area contributed by atoms with E-state index in [0.717, 1.165) is 24.6 Å². The van der Waals surface area contributed by atoms with Gasteiger partial charge < -0.3 is 11.1 Å². The molecule has 1 aliphatic rings. The second-order valence-corrected chi connectivity index (χ2v) is 3.31. The van der Waals surface area contributed by atoms with E-state index in [1.54, 1.807) is 0 Å². The van der Waals surface area contributed by atoms with Gasteiger partial charge in [0, 0.05) is 14.1 Å². The van der Waals surface area contributed by atoms with Crippen LogP contribution in [0, 0.1) is 0 Å². The summed E-state index contributed by atoms with van der Waals surface area (Å²) in [5.41, 5.74) is 5.79. The van der Waals surface area contributed by atoms with Crippen LogP contribution in [0.3, 0.4) is 0 Å². The van der Waals surface area contributed by atoms with Crippen LogP contribution in [0.1, 0.15) is 18.7 Å². The molecule has 1 aromatic rings. The standard InChI is InChI=1S/C7H13N5/c1-9-6-11-10-5(12(6)2)7(8)3-4-7/h3-4,8H2,1-2H3,(H,9,11). The number of nitrogens with one attached hydrogen (secondary N) is 1. The van der Waals surface area contributed by atoms with Crippen molar-refractivity contribution in [2.45, 2.75) is 18.4 Å². The van der Waals surface area contributed by atoms with Crippen molar-refractivity contribution >= 4 is 5.95 Å². The zero-order valence-corrected chi connectivity index (χ0v) is 7.33. The van der Waals surface area contributed by atoms with Gasteiger partial charge in [0.2, 0.25) is 5.95 Å². The first-order chi connectivity index (χ1) is 5.67. The number of anilines is 1. The third-order valence-corrected chi connectivity index (χ3v) is 2.33. The van der Waals surface area contributed by atoms with E-state index in [1.165, 1.54) is 0 Å². The van der Waals surface area contributed by atoms with Gasteiger partial charge >= 0.3 is 0 Å². The predicted molar refractivity (Wildman–Crippen MR) is 45.6 cm³/mol. The Morgan fingerprint density at radius 3 is 2.58 bits per heavy atom. The van der Waals surface area contributed by atoms with E-state index in [-0.39, 0.29) is 5.54 Å². The molecule has 12 heavy (non-hydrogen) atoms. The van der Waals surface area contributed by atoms with E-state index in [2.05, 4.69) is 15.5 Å². The normalized spacial score (nSPS) is 19.2. The van der Waals surface area contributed by atoms with Crippen molar-refractivity contribution in [1.29, 1.82) is 0 Å². The molecule has 66 valence electrons. The maximum absolute atomic E-state index is 5.99. The molecule has 1 aromatic heterocycles. The van der Waals surface area contributed by atoms with Crippen LogP contribution < -0.4 is 11.1 Å². The van der Waals surface area contributed by atoms with Crippen molar-refractivity contribution < 1.29 is 0 Å². The molecule has 0 bridgehead atoms. The minimum atomic E-state index is -0.198. The average Bonchev–Trinajstić information content (AvgIpc) is 2.65. The summed E-state index contributed by atoms with van der Waals surface area (Å²) in [6, 6.07) is 0. The Morgan fingerprint density at radius 2 is 2.17 bits per heavy atom. The molecule has 1 fully saturated rings. The first kappa shape index (κ1) is 7.54. The molecule has 0 aliphatic heterocycles. The average molecular weight is 167 g/mol. The van der Waals surface area contributed by atoms with Crippen LogP contribution in [0.25, 0.3) is 0 Å². The number of hydrogen-bond donors (Lipinski definition) is 2. The Hall–Kier alpha value is -1.10. The summed E-state index contributed by atoms with van der Waals surface area (Å²) < 4.78 is 1.91. The monoisotopic (exact) mass is 167 g/mol. The van der Waals surface area contributed by atoms with E-state index >= 15 is 0 Å². The van der Waals surface area contributed by atoms with Crippen LogP contribution in [0.4, 0.5) is 5.95 Å². The smallest absolute Gasteiger partial charge is 0.224 e. The summed E-state index contributed by atoms with van der Waals surface area (Å²) >= 11 is 0. The minimum Gasteiger partial charge on any atom is -0.357 e. The maximum atomic E-state index is 5.99. The van der Waals surface area contributed by atoms with Gasteiger partial charge in [0.15, 0.2) is 5.82 Å². The summed E-state index contributed by atoms with van der Waals surface area (Å²) in [6.07, 6.45) is 2.03. The largest absolute Gasteiger partial charge is 0.357 e. The second-order valence-electron chi connectivity index (χ2n) is 3.31. The Bertz CT molecular complexity index is 299. The van der Waals surface area contributed by atoms with Crippen LogP contribution in [0.2, 0.25) is 0 Å². The number of aromatic nitrogens is 3. The molecule has 0 aromatic carbocycles. The lowest BCUT2D eigenvalue weighted by molar-refractivity contribution is 0.630. The zero-order chi connectivity index (χ0) is 8.77. The van der Waals surface area contributed by atoms with Crippen LogP contribution in [-0.4, -0.2) is 21.8 Å². The Kier molecular flexibility index (Phi) is 1.38. The van der Waals surface area contributed by atoms with Crippen molar-refractivity contribution in [1.82, 2.24) is 14.8 Å². The SMILES string of the molecule is CNc1nnc(C2(N)CC2)n1C. The minimum absolute atomic E-state index is 0.198. The summed E-state index contributed by atoms with van der Waals surface area (Å²) in [7, 11) is 3.75. The highest BCUT2D eigenvalue weighted by Gasteiger charge is 2.44. The van der Waals surface area contributed by atoms with Crippen LogP contribution in [0.5, 0.6) is 0 Å². The number of rotatable bonds is 2. The fourth-order valence-electron chi connectivity index (χ4n) is 1.34. The Morgan fingerprint density at radius 1 is 1.50 bits per heavy atom. The predicted octanol–water partition coefficient (Wildman–Crippen LogP) is -0.195. The molecule has 0 unspecified atom stereocenters. The second kappa shape index (κ2) is 2.20. The van der Waals surface area contributed by atoms with E-state index in [0.29, 0.717) is 0 Å². The van der Waals surface area contributed by atoms with E-state index < -0.39 is 0 Å². The topological polar surface area (TPSA) is 68.8 Å². The summed E-state index contributed by atoms with van der Waals surface area (Å²) in [5, 5.41) is 11.0. The molecule has 5 nitrogen and oxygen atoms in total. The van der Waals surface area contributed by atoms with Gasteiger partial charge in [-0.2, -0.15) is 0 Å². The van der Waals surface area contributed by atoms with Gasteiger partial charge in [-0.1, -0.05) is 0 Å². The van der Waals surface area contributed by atoms with Crippen molar-refractivity contribution in [2.24, 2.45) is 12.8 Å². The van der Waals surface area contributed by atoms with Crippen molar-refractivity contribution in [2.75, 3.05) is 12.4 Å². The third kappa shape index (κ3) is 0.896. The quantitative estimate of drug-likeness (QED) is 0.640. The summed E-state index contributed by atoms with van der Waals surface area (Å²) in [4.78, 5) is 0. The first-order valence-corrected chi connectivity index (χ1v) is 4.04.